The lowest BCUT2D eigenvalue weighted by atomic mass is 9.98. The van der Waals surface area contributed by atoms with Gasteiger partial charge in [0.1, 0.15) is 11.6 Å². The van der Waals surface area contributed by atoms with E-state index in [-0.39, 0.29) is 24.8 Å². The Morgan fingerprint density at radius 1 is 1.30 bits per heavy atom. The van der Waals surface area contributed by atoms with Crippen molar-refractivity contribution in [1.29, 1.82) is 0 Å². The number of carboxylic acid groups (broad SMARTS) is 1. The zero-order chi connectivity index (χ0) is 17.2. The van der Waals surface area contributed by atoms with Crippen LogP contribution in [0.4, 0.5) is 4.79 Å². The average Bonchev–Trinajstić information content (AvgIpc) is 3.01. The molecular weight excluding hydrogens is 302 g/mol. The Morgan fingerprint density at radius 3 is 2.43 bits per heavy atom. The topological polar surface area (TPSA) is 116 Å². The molecule has 2 fully saturated rings. The molecule has 128 valence electrons. The van der Waals surface area contributed by atoms with E-state index in [4.69, 9.17) is 5.11 Å². The first-order chi connectivity index (χ1) is 10.8. The molecule has 23 heavy (non-hydrogen) atoms. The Labute approximate surface area is 134 Å². The van der Waals surface area contributed by atoms with Crippen LogP contribution < -0.4 is 10.6 Å². The van der Waals surface area contributed by atoms with Gasteiger partial charge in [-0.1, -0.05) is 26.7 Å². The van der Waals surface area contributed by atoms with Gasteiger partial charge in [-0.25, -0.2) is 9.59 Å². The molecule has 3 N–H and O–H groups in total. The fourth-order valence-electron chi connectivity index (χ4n) is 3.17. The van der Waals surface area contributed by atoms with Gasteiger partial charge >= 0.3 is 12.0 Å². The molecule has 0 radical (unpaired) electrons. The van der Waals surface area contributed by atoms with E-state index >= 15 is 0 Å². The first kappa shape index (κ1) is 17.2. The van der Waals surface area contributed by atoms with E-state index in [0.717, 1.165) is 17.7 Å². The molecule has 1 saturated heterocycles. The third kappa shape index (κ3) is 3.46. The molecule has 0 aromatic carbocycles. The van der Waals surface area contributed by atoms with Crippen molar-refractivity contribution in [3.05, 3.63) is 0 Å². The van der Waals surface area contributed by atoms with Gasteiger partial charge in [-0.05, 0) is 18.8 Å². The van der Waals surface area contributed by atoms with Crippen molar-refractivity contribution in [3.63, 3.8) is 0 Å². The zero-order valence-electron chi connectivity index (χ0n) is 13.4. The Hall–Kier alpha value is -2.12. The summed E-state index contributed by atoms with van der Waals surface area (Å²) in [5.74, 6) is -2.12. The minimum Gasteiger partial charge on any atom is -0.480 e. The number of aliphatic carboxylic acids is 1. The zero-order valence-corrected chi connectivity index (χ0v) is 13.4. The second-order valence-electron chi connectivity index (χ2n) is 6.55. The van der Waals surface area contributed by atoms with Crippen molar-refractivity contribution in [2.24, 2.45) is 5.92 Å². The number of rotatable bonds is 6. The number of hydrogen-bond acceptors (Lipinski definition) is 4. The van der Waals surface area contributed by atoms with E-state index in [9.17, 15) is 19.2 Å². The second kappa shape index (κ2) is 6.55. The lowest BCUT2D eigenvalue weighted by molar-refractivity contribution is -0.143. The molecule has 1 saturated carbocycles. The quantitative estimate of drug-likeness (QED) is 0.614. The minimum atomic E-state index is -1.10. The SMILES string of the molecule is CC(C)[C@@H](NC(=O)CCN1C(=O)NC2(CCCC2)C1=O)C(=O)O. The van der Waals surface area contributed by atoms with Crippen molar-refractivity contribution in [1.82, 2.24) is 15.5 Å². The molecule has 8 nitrogen and oxygen atoms in total. The maximum Gasteiger partial charge on any atom is 0.326 e. The molecule has 0 bridgehead atoms. The number of amides is 4. The van der Waals surface area contributed by atoms with Gasteiger partial charge in [0, 0.05) is 13.0 Å². The summed E-state index contributed by atoms with van der Waals surface area (Å²) >= 11 is 0. The van der Waals surface area contributed by atoms with E-state index in [2.05, 4.69) is 10.6 Å². The Balaban J connectivity index is 1.90. The molecule has 1 aliphatic heterocycles. The second-order valence-corrected chi connectivity index (χ2v) is 6.55. The highest BCUT2D eigenvalue weighted by molar-refractivity contribution is 6.07. The lowest BCUT2D eigenvalue weighted by Crippen LogP contribution is -2.46. The number of nitrogens with one attached hydrogen (secondary N) is 2. The van der Waals surface area contributed by atoms with Crippen molar-refractivity contribution in [2.45, 2.75) is 57.5 Å². The first-order valence-electron chi connectivity index (χ1n) is 7.93. The van der Waals surface area contributed by atoms with E-state index in [0.29, 0.717) is 12.8 Å². The van der Waals surface area contributed by atoms with Crippen molar-refractivity contribution in [2.75, 3.05) is 6.54 Å². The van der Waals surface area contributed by atoms with E-state index in [1.165, 1.54) is 0 Å². The highest BCUT2D eigenvalue weighted by Gasteiger charge is 2.52. The summed E-state index contributed by atoms with van der Waals surface area (Å²) in [4.78, 5) is 48.4. The summed E-state index contributed by atoms with van der Waals surface area (Å²) < 4.78 is 0. The molecule has 4 amide bonds. The standard InChI is InChI=1S/C15H23N3O5/c1-9(2)11(12(20)21)16-10(19)5-8-18-13(22)15(17-14(18)23)6-3-4-7-15/h9,11H,3-8H2,1-2H3,(H,16,19)(H,17,23)(H,20,21)/t11-/m1/s1. The summed E-state index contributed by atoms with van der Waals surface area (Å²) in [6.07, 6.45) is 2.96. The van der Waals surface area contributed by atoms with Gasteiger partial charge in [-0.3, -0.25) is 14.5 Å². The molecule has 2 aliphatic rings. The molecular formula is C15H23N3O5. The van der Waals surface area contributed by atoms with Crippen LogP contribution in [0.1, 0.15) is 46.0 Å². The van der Waals surface area contributed by atoms with Gasteiger partial charge in [0.2, 0.25) is 5.91 Å². The van der Waals surface area contributed by atoms with Crippen LogP contribution >= 0.6 is 0 Å². The number of carbonyl (C=O) groups excluding carboxylic acids is 3. The van der Waals surface area contributed by atoms with Gasteiger partial charge in [0.25, 0.3) is 5.91 Å². The van der Waals surface area contributed by atoms with Gasteiger partial charge < -0.3 is 15.7 Å². The third-order valence-corrected chi connectivity index (χ3v) is 4.51. The van der Waals surface area contributed by atoms with Gasteiger partial charge in [-0.15, -0.1) is 0 Å². The summed E-state index contributed by atoms with van der Waals surface area (Å²) in [7, 11) is 0. The smallest absolute Gasteiger partial charge is 0.326 e. The number of carboxylic acids is 1. The van der Waals surface area contributed by atoms with Gasteiger partial charge in [0.15, 0.2) is 0 Å². The monoisotopic (exact) mass is 325 g/mol. The molecule has 0 unspecified atom stereocenters. The molecule has 2 rings (SSSR count). The molecule has 1 spiro atoms. The summed E-state index contributed by atoms with van der Waals surface area (Å²) in [5, 5.41) is 14.2. The van der Waals surface area contributed by atoms with Crippen LogP contribution in [-0.2, 0) is 14.4 Å². The van der Waals surface area contributed by atoms with Gasteiger partial charge in [0.05, 0.1) is 0 Å². The fourth-order valence-corrected chi connectivity index (χ4v) is 3.17. The predicted octanol–water partition coefficient (Wildman–Crippen LogP) is 0.467. The van der Waals surface area contributed by atoms with Gasteiger partial charge in [-0.2, -0.15) is 0 Å². The highest BCUT2D eigenvalue weighted by atomic mass is 16.4. The number of urea groups is 1. The molecule has 1 atom stereocenters. The Bertz CT molecular complexity index is 525. The molecule has 1 aliphatic carbocycles. The number of imide groups is 1. The van der Waals surface area contributed by atoms with E-state index in [1.54, 1.807) is 13.8 Å². The van der Waals surface area contributed by atoms with Crippen LogP contribution in [0.25, 0.3) is 0 Å². The van der Waals surface area contributed by atoms with Crippen LogP contribution in [0.15, 0.2) is 0 Å². The maximum absolute atomic E-state index is 12.4. The largest absolute Gasteiger partial charge is 0.480 e. The predicted molar refractivity (Wildman–Crippen MR) is 80.5 cm³/mol. The Kier molecular flexibility index (Phi) is 4.91. The number of hydrogen-bond donors (Lipinski definition) is 3. The first-order valence-corrected chi connectivity index (χ1v) is 7.93. The number of carbonyl (C=O) groups is 4. The van der Waals surface area contributed by atoms with Crippen LogP contribution in [0.5, 0.6) is 0 Å². The summed E-state index contributed by atoms with van der Waals surface area (Å²) in [6.45, 7) is 3.35. The maximum atomic E-state index is 12.4. The van der Waals surface area contributed by atoms with Crippen LogP contribution in [0, 0.1) is 5.92 Å². The van der Waals surface area contributed by atoms with E-state index in [1.807, 2.05) is 0 Å². The lowest BCUT2D eigenvalue weighted by Gasteiger charge is -2.20. The summed E-state index contributed by atoms with van der Waals surface area (Å²) in [6, 6.07) is -1.45. The Morgan fingerprint density at radius 2 is 1.91 bits per heavy atom. The average molecular weight is 325 g/mol. The van der Waals surface area contributed by atoms with Crippen molar-refractivity contribution < 1.29 is 24.3 Å². The van der Waals surface area contributed by atoms with Crippen LogP contribution in [0.2, 0.25) is 0 Å². The highest BCUT2D eigenvalue weighted by Crippen LogP contribution is 2.34. The van der Waals surface area contributed by atoms with Crippen molar-refractivity contribution in [3.8, 4) is 0 Å². The van der Waals surface area contributed by atoms with E-state index < -0.39 is 29.5 Å². The number of nitrogens with zero attached hydrogens (tertiary/aromatic N) is 1. The molecule has 0 aromatic rings. The van der Waals surface area contributed by atoms with Crippen LogP contribution in [-0.4, -0.2) is 51.9 Å². The molecule has 1 heterocycles. The van der Waals surface area contributed by atoms with Crippen LogP contribution in [0.3, 0.4) is 0 Å². The fraction of sp³-hybridized carbons (Fsp3) is 0.733. The van der Waals surface area contributed by atoms with Crippen molar-refractivity contribution >= 4 is 23.8 Å². The normalized spacial score (nSPS) is 20.9. The summed E-state index contributed by atoms with van der Waals surface area (Å²) in [5.41, 5.74) is -0.783. The third-order valence-electron chi connectivity index (χ3n) is 4.51. The molecule has 8 heteroatoms. The minimum absolute atomic E-state index is 0.0390. The molecule has 0 aromatic heterocycles.